The summed E-state index contributed by atoms with van der Waals surface area (Å²) in [5, 5.41) is 11.6. The summed E-state index contributed by atoms with van der Waals surface area (Å²) in [7, 11) is 0. The van der Waals surface area contributed by atoms with Gasteiger partial charge in [0.1, 0.15) is 12.1 Å². The maximum atomic E-state index is 11.6. The standard InChI is InChI=1S/C26H37NO/c1-24(2)17-23-18-25(3,19-24)20-27(23)16-10-9-15-26(28,22-13-7-8-14-22)21-11-5-4-6-12-21/h4-6,11-12,22-23,28H,7-8,13-20H2,1-3H3/p+1/t23-,25-,26+/m1/s1. The second-order valence-electron chi connectivity index (χ2n) is 11.1. The molecule has 1 unspecified atom stereocenters. The van der Waals surface area contributed by atoms with Crippen molar-refractivity contribution >= 4 is 0 Å². The minimum atomic E-state index is -0.783. The maximum Gasteiger partial charge on any atom is 0.139 e. The van der Waals surface area contributed by atoms with E-state index in [2.05, 4.69) is 44.7 Å². The van der Waals surface area contributed by atoms with Crippen LogP contribution in [0, 0.1) is 28.6 Å². The number of nitrogens with one attached hydrogen (secondary N) is 1. The number of hydrogen-bond acceptors (Lipinski definition) is 1. The van der Waals surface area contributed by atoms with E-state index in [0.29, 0.717) is 23.2 Å². The molecule has 0 radical (unpaired) electrons. The molecule has 2 aliphatic carbocycles. The van der Waals surface area contributed by atoms with Crippen LogP contribution in [0.5, 0.6) is 0 Å². The second-order valence-corrected chi connectivity index (χ2v) is 11.1. The molecular weight excluding hydrogens is 342 g/mol. The van der Waals surface area contributed by atoms with Crippen LogP contribution in [0.1, 0.15) is 77.7 Å². The van der Waals surface area contributed by atoms with Crippen molar-refractivity contribution in [1.82, 2.24) is 0 Å². The number of aliphatic hydroxyl groups is 1. The fourth-order valence-electron chi connectivity index (χ4n) is 6.94. The Bertz CT molecular complexity index is 739. The van der Waals surface area contributed by atoms with Crippen molar-refractivity contribution in [3.8, 4) is 11.8 Å². The van der Waals surface area contributed by atoms with Gasteiger partial charge in [-0.15, -0.1) is 0 Å². The molecule has 4 atom stereocenters. The molecule has 1 aromatic carbocycles. The Hall–Kier alpha value is -1.30. The molecule has 2 bridgehead atoms. The van der Waals surface area contributed by atoms with Gasteiger partial charge in [0, 0.05) is 24.7 Å². The first-order valence-corrected chi connectivity index (χ1v) is 11.4. The van der Waals surface area contributed by atoms with Crippen molar-refractivity contribution in [1.29, 1.82) is 0 Å². The summed E-state index contributed by atoms with van der Waals surface area (Å²) in [6, 6.07) is 11.0. The summed E-state index contributed by atoms with van der Waals surface area (Å²) in [5.74, 6) is 7.26. The second kappa shape index (κ2) is 7.51. The highest BCUT2D eigenvalue weighted by molar-refractivity contribution is 5.26. The third-order valence-corrected chi connectivity index (χ3v) is 7.78. The van der Waals surface area contributed by atoms with Crippen LogP contribution in [0.15, 0.2) is 30.3 Å². The largest absolute Gasteiger partial charge is 0.384 e. The molecule has 0 aromatic heterocycles. The number of likely N-dealkylation sites (tertiary alicyclic amines) is 1. The molecule has 3 fully saturated rings. The van der Waals surface area contributed by atoms with Crippen molar-refractivity contribution in [2.75, 3.05) is 13.1 Å². The van der Waals surface area contributed by atoms with Crippen LogP contribution < -0.4 is 4.90 Å². The van der Waals surface area contributed by atoms with E-state index in [1.165, 1.54) is 38.6 Å². The van der Waals surface area contributed by atoms with Crippen LogP contribution in [0.25, 0.3) is 0 Å². The molecule has 0 spiro atoms. The third kappa shape index (κ3) is 4.03. The zero-order valence-electron chi connectivity index (χ0n) is 18.1. The maximum absolute atomic E-state index is 11.6. The third-order valence-electron chi connectivity index (χ3n) is 7.78. The SMILES string of the molecule is CC1(C)C[C@@H]2C[C@@](C)(C[NH+]2CC#CC[C@](O)(c2ccccc2)C2CCCC2)C1. The summed E-state index contributed by atoms with van der Waals surface area (Å²) < 4.78 is 0. The lowest BCUT2D eigenvalue weighted by Gasteiger charge is -2.37. The van der Waals surface area contributed by atoms with Crippen LogP contribution in [-0.2, 0) is 5.60 Å². The Balaban J connectivity index is 1.44. The molecule has 2 nitrogen and oxygen atoms in total. The van der Waals surface area contributed by atoms with Gasteiger partial charge in [0.15, 0.2) is 0 Å². The van der Waals surface area contributed by atoms with Crippen LogP contribution >= 0.6 is 0 Å². The average molecular weight is 381 g/mol. The van der Waals surface area contributed by atoms with Gasteiger partial charge in [-0.05, 0) is 42.1 Å². The highest BCUT2D eigenvalue weighted by atomic mass is 16.3. The van der Waals surface area contributed by atoms with Crippen molar-refractivity contribution in [2.45, 2.75) is 83.8 Å². The van der Waals surface area contributed by atoms with Crippen molar-refractivity contribution < 1.29 is 10.0 Å². The van der Waals surface area contributed by atoms with Crippen LogP contribution in [0.4, 0.5) is 0 Å². The zero-order valence-corrected chi connectivity index (χ0v) is 18.1. The zero-order chi connectivity index (χ0) is 19.8. The minimum Gasteiger partial charge on any atom is -0.384 e. The molecular formula is C26H38NO+. The summed E-state index contributed by atoms with van der Waals surface area (Å²) in [5.41, 5.74) is 1.24. The summed E-state index contributed by atoms with van der Waals surface area (Å²) >= 11 is 0. The Morgan fingerprint density at radius 1 is 1.07 bits per heavy atom. The molecule has 1 heterocycles. The smallest absolute Gasteiger partial charge is 0.139 e. The van der Waals surface area contributed by atoms with E-state index >= 15 is 0 Å². The lowest BCUT2D eigenvalue weighted by molar-refractivity contribution is -0.907. The van der Waals surface area contributed by atoms with Gasteiger partial charge in [-0.3, -0.25) is 0 Å². The number of rotatable bonds is 4. The number of quaternary nitrogens is 1. The van der Waals surface area contributed by atoms with Crippen LogP contribution in [0.3, 0.4) is 0 Å². The summed E-state index contributed by atoms with van der Waals surface area (Å²) in [6.45, 7) is 9.56. The normalized spacial score (nSPS) is 33.9. The molecule has 1 aliphatic heterocycles. The van der Waals surface area contributed by atoms with Crippen molar-refractivity contribution in [2.24, 2.45) is 16.7 Å². The number of hydrogen-bond donors (Lipinski definition) is 2. The molecule has 152 valence electrons. The Morgan fingerprint density at radius 2 is 1.79 bits per heavy atom. The topological polar surface area (TPSA) is 24.7 Å². The van der Waals surface area contributed by atoms with Gasteiger partial charge >= 0.3 is 0 Å². The molecule has 3 aliphatic rings. The molecule has 2 saturated carbocycles. The lowest BCUT2D eigenvalue weighted by Crippen LogP contribution is -3.13. The predicted molar refractivity (Wildman–Crippen MR) is 115 cm³/mol. The Kier molecular flexibility index (Phi) is 5.36. The van der Waals surface area contributed by atoms with Gasteiger partial charge in [0.05, 0.1) is 12.6 Å². The van der Waals surface area contributed by atoms with E-state index in [9.17, 15) is 5.11 Å². The number of fused-ring (bicyclic) bond motifs is 2. The van der Waals surface area contributed by atoms with E-state index in [1.54, 1.807) is 4.90 Å². The highest BCUT2D eigenvalue weighted by Crippen LogP contribution is 2.47. The highest BCUT2D eigenvalue weighted by Gasteiger charge is 2.52. The molecule has 1 aromatic rings. The van der Waals surface area contributed by atoms with Gasteiger partial charge in [0.2, 0.25) is 0 Å². The van der Waals surface area contributed by atoms with E-state index < -0.39 is 5.60 Å². The molecule has 4 rings (SSSR count). The quantitative estimate of drug-likeness (QED) is 0.760. The number of benzene rings is 1. The molecule has 2 heteroatoms. The first-order valence-electron chi connectivity index (χ1n) is 11.4. The van der Waals surface area contributed by atoms with Crippen LogP contribution in [-0.4, -0.2) is 24.2 Å². The molecule has 28 heavy (non-hydrogen) atoms. The van der Waals surface area contributed by atoms with Gasteiger partial charge in [0.25, 0.3) is 0 Å². The molecule has 0 amide bonds. The molecule has 1 saturated heterocycles. The Labute approximate surface area is 171 Å². The van der Waals surface area contributed by atoms with Gasteiger partial charge in [-0.25, -0.2) is 0 Å². The Morgan fingerprint density at radius 3 is 2.50 bits per heavy atom. The fraction of sp³-hybridized carbons (Fsp3) is 0.692. The van der Waals surface area contributed by atoms with Crippen molar-refractivity contribution in [3.63, 3.8) is 0 Å². The summed E-state index contributed by atoms with van der Waals surface area (Å²) in [4.78, 5) is 1.68. The van der Waals surface area contributed by atoms with E-state index in [-0.39, 0.29) is 0 Å². The van der Waals surface area contributed by atoms with Gasteiger partial charge < -0.3 is 10.0 Å². The van der Waals surface area contributed by atoms with Crippen LogP contribution in [0.2, 0.25) is 0 Å². The monoisotopic (exact) mass is 380 g/mol. The first-order chi connectivity index (χ1) is 13.3. The van der Waals surface area contributed by atoms with Gasteiger partial charge in [-0.1, -0.05) is 69.9 Å². The predicted octanol–water partition coefficient (Wildman–Crippen LogP) is 3.94. The van der Waals surface area contributed by atoms with Gasteiger partial charge in [-0.2, -0.15) is 0 Å². The minimum absolute atomic E-state index is 0.349. The fourth-order valence-corrected chi connectivity index (χ4v) is 6.94. The first kappa shape index (κ1) is 20.0. The summed E-state index contributed by atoms with van der Waals surface area (Å²) in [6.07, 6.45) is 9.34. The van der Waals surface area contributed by atoms with E-state index in [4.69, 9.17) is 0 Å². The molecule has 2 N–H and O–H groups in total. The van der Waals surface area contributed by atoms with Crippen molar-refractivity contribution in [3.05, 3.63) is 35.9 Å². The lowest BCUT2D eigenvalue weighted by atomic mass is 9.65. The van der Waals surface area contributed by atoms with E-state index in [1.807, 2.05) is 18.2 Å². The average Bonchev–Trinajstić information content (AvgIpc) is 3.25. The van der Waals surface area contributed by atoms with E-state index in [0.717, 1.165) is 31.0 Å².